The van der Waals surface area contributed by atoms with Crippen molar-refractivity contribution in [1.29, 1.82) is 5.26 Å². The van der Waals surface area contributed by atoms with Gasteiger partial charge >= 0.3 is 0 Å². The number of ether oxygens (including phenoxy) is 2. The predicted octanol–water partition coefficient (Wildman–Crippen LogP) is 0.0985. The van der Waals surface area contributed by atoms with E-state index in [2.05, 4.69) is 10.3 Å². The summed E-state index contributed by atoms with van der Waals surface area (Å²) in [5, 5.41) is 11.3. The first kappa shape index (κ1) is 12.5. The van der Waals surface area contributed by atoms with E-state index < -0.39 is 0 Å². The number of carbonyl (C=O) groups excluding carboxylic acids is 1. The zero-order valence-electron chi connectivity index (χ0n) is 9.76. The van der Waals surface area contributed by atoms with Crippen molar-refractivity contribution in [1.82, 2.24) is 10.3 Å². The molecule has 0 aliphatic carbocycles. The highest BCUT2D eigenvalue weighted by atomic mass is 16.6. The maximum absolute atomic E-state index is 11.8. The summed E-state index contributed by atoms with van der Waals surface area (Å²) in [5.74, 6) is -0.235. The van der Waals surface area contributed by atoms with Crippen LogP contribution in [0.3, 0.4) is 0 Å². The van der Waals surface area contributed by atoms with Crippen LogP contribution < -0.4 is 5.32 Å². The molecule has 0 aromatic carbocycles. The van der Waals surface area contributed by atoms with E-state index in [1.54, 1.807) is 6.07 Å². The van der Waals surface area contributed by atoms with Gasteiger partial charge in [0.1, 0.15) is 11.8 Å². The van der Waals surface area contributed by atoms with Gasteiger partial charge in [0.15, 0.2) is 0 Å². The van der Waals surface area contributed by atoms with Crippen molar-refractivity contribution in [3.05, 3.63) is 29.6 Å². The average molecular weight is 247 g/mol. The number of pyridine rings is 1. The third-order valence-corrected chi connectivity index (χ3v) is 2.52. The van der Waals surface area contributed by atoms with E-state index in [4.69, 9.17) is 14.7 Å². The van der Waals surface area contributed by atoms with Crippen molar-refractivity contribution < 1.29 is 14.3 Å². The van der Waals surface area contributed by atoms with Crippen LogP contribution in [0.2, 0.25) is 0 Å². The summed E-state index contributed by atoms with van der Waals surface area (Å²) in [4.78, 5) is 15.6. The number of carbonyl (C=O) groups is 1. The lowest BCUT2D eigenvalue weighted by Crippen LogP contribution is -2.39. The standard InChI is InChI=1S/C12H13N3O3/c13-5-10-2-1-9(6-14-10)12(16)15-7-11-8-17-3-4-18-11/h1-2,6,11H,3-4,7-8H2,(H,15,16). The van der Waals surface area contributed by atoms with E-state index in [9.17, 15) is 4.79 Å². The van der Waals surface area contributed by atoms with E-state index in [-0.39, 0.29) is 17.7 Å². The molecule has 1 aliphatic rings. The van der Waals surface area contributed by atoms with Crippen molar-refractivity contribution >= 4 is 5.91 Å². The Bertz CT molecular complexity index is 447. The van der Waals surface area contributed by atoms with Gasteiger partial charge in [-0.2, -0.15) is 5.26 Å². The maximum atomic E-state index is 11.8. The molecule has 0 bridgehead atoms. The molecule has 1 atom stereocenters. The van der Waals surface area contributed by atoms with Gasteiger partial charge < -0.3 is 14.8 Å². The molecule has 1 aromatic heterocycles. The number of amides is 1. The molecular formula is C12H13N3O3. The zero-order chi connectivity index (χ0) is 12.8. The van der Waals surface area contributed by atoms with Gasteiger partial charge in [0.05, 0.1) is 31.5 Å². The Morgan fingerprint density at radius 2 is 2.44 bits per heavy atom. The lowest BCUT2D eigenvalue weighted by molar-refractivity contribution is -0.0855. The van der Waals surface area contributed by atoms with E-state index in [0.29, 0.717) is 31.9 Å². The van der Waals surface area contributed by atoms with Crippen molar-refractivity contribution in [2.75, 3.05) is 26.4 Å². The summed E-state index contributed by atoms with van der Waals surface area (Å²) >= 11 is 0. The van der Waals surface area contributed by atoms with Gasteiger partial charge in [0, 0.05) is 12.7 Å². The largest absolute Gasteiger partial charge is 0.376 e. The van der Waals surface area contributed by atoms with Crippen molar-refractivity contribution in [2.45, 2.75) is 6.10 Å². The fraction of sp³-hybridized carbons (Fsp3) is 0.417. The summed E-state index contributed by atoms with van der Waals surface area (Å²) in [5.41, 5.74) is 0.710. The minimum atomic E-state index is -0.235. The van der Waals surface area contributed by atoms with E-state index in [0.717, 1.165) is 0 Å². The molecule has 1 aromatic rings. The Balaban J connectivity index is 1.85. The first-order valence-corrected chi connectivity index (χ1v) is 5.63. The molecule has 1 unspecified atom stereocenters. The molecule has 1 N–H and O–H groups in total. The van der Waals surface area contributed by atoms with Gasteiger partial charge in [-0.25, -0.2) is 4.98 Å². The van der Waals surface area contributed by atoms with Crippen molar-refractivity contribution in [3.63, 3.8) is 0 Å². The molecule has 0 radical (unpaired) electrons. The number of nitrogens with one attached hydrogen (secondary N) is 1. The highest BCUT2D eigenvalue weighted by Gasteiger charge is 2.15. The normalized spacial score (nSPS) is 18.9. The number of aromatic nitrogens is 1. The topological polar surface area (TPSA) is 84.2 Å². The number of rotatable bonds is 3. The van der Waals surface area contributed by atoms with Crippen LogP contribution in [0.25, 0.3) is 0 Å². The summed E-state index contributed by atoms with van der Waals surface area (Å²) < 4.78 is 10.6. The van der Waals surface area contributed by atoms with Gasteiger partial charge in [-0.3, -0.25) is 4.79 Å². The number of hydrogen-bond donors (Lipinski definition) is 1. The summed E-state index contributed by atoms with van der Waals surface area (Å²) in [6.07, 6.45) is 1.28. The molecule has 0 saturated carbocycles. The molecule has 0 spiro atoms. The van der Waals surface area contributed by atoms with Crippen molar-refractivity contribution in [2.24, 2.45) is 0 Å². The second-order valence-corrected chi connectivity index (χ2v) is 3.82. The second kappa shape index (κ2) is 6.10. The van der Waals surface area contributed by atoms with Crippen LogP contribution in [0.5, 0.6) is 0 Å². The monoisotopic (exact) mass is 247 g/mol. The minimum Gasteiger partial charge on any atom is -0.376 e. The Morgan fingerprint density at radius 3 is 3.06 bits per heavy atom. The number of nitrogens with zero attached hydrogens (tertiary/aromatic N) is 2. The Kier molecular flexibility index (Phi) is 4.23. The molecule has 1 saturated heterocycles. The smallest absolute Gasteiger partial charge is 0.252 e. The fourth-order valence-corrected chi connectivity index (χ4v) is 1.56. The molecule has 6 nitrogen and oxygen atoms in total. The molecule has 1 aliphatic heterocycles. The van der Waals surface area contributed by atoms with Gasteiger partial charge in [0.25, 0.3) is 5.91 Å². The fourth-order valence-electron chi connectivity index (χ4n) is 1.56. The zero-order valence-corrected chi connectivity index (χ0v) is 9.76. The first-order chi connectivity index (χ1) is 8.79. The van der Waals surface area contributed by atoms with Crippen LogP contribution in [0.15, 0.2) is 18.3 Å². The lowest BCUT2D eigenvalue weighted by atomic mass is 10.2. The van der Waals surface area contributed by atoms with Crippen LogP contribution in [0.1, 0.15) is 16.1 Å². The summed E-state index contributed by atoms with van der Waals surface area (Å²) in [6.45, 7) is 2.05. The van der Waals surface area contributed by atoms with Crippen LogP contribution in [0.4, 0.5) is 0 Å². The predicted molar refractivity (Wildman–Crippen MR) is 61.8 cm³/mol. The molecule has 6 heteroatoms. The van der Waals surface area contributed by atoms with Gasteiger partial charge in [-0.05, 0) is 12.1 Å². The van der Waals surface area contributed by atoms with Crippen LogP contribution in [0, 0.1) is 11.3 Å². The maximum Gasteiger partial charge on any atom is 0.252 e. The van der Waals surface area contributed by atoms with E-state index >= 15 is 0 Å². The molecule has 2 rings (SSSR count). The highest BCUT2D eigenvalue weighted by molar-refractivity contribution is 5.93. The number of hydrogen-bond acceptors (Lipinski definition) is 5. The second-order valence-electron chi connectivity index (χ2n) is 3.82. The molecule has 2 heterocycles. The van der Waals surface area contributed by atoms with Crippen LogP contribution in [-0.2, 0) is 9.47 Å². The molecule has 1 amide bonds. The average Bonchev–Trinajstić information content (AvgIpc) is 2.46. The first-order valence-electron chi connectivity index (χ1n) is 5.63. The molecular weight excluding hydrogens is 234 g/mol. The quantitative estimate of drug-likeness (QED) is 0.818. The molecule has 18 heavy (non-hydrogen) atoms. The third kappa shape index (κ3) is 3.26. The third-order valence-electron chi connectivity index (χ3n) is 2.52. The van der Waals surface area contributed by atoms with Crippen LogP contribution in [-0.4, -0.2) is 43.4 Å². The highest BCUT2D eigenvalue weighted by Crippen LogP contribution is 2.02. The Labute approximate surface area is 105 Å². The SMILES string of the molecule is N#Cc1ccc(C(=O)NCC2COCCO2)cn1. The summed E-state index contributed by atoms with van der Waals surface area (Å²) in [7, 11) is 0. The Morgan fingerprint density at radius 1 is 1.56 bits per heavy atom. The lowest BCUT2D eigenvalue weighted by Gasteiger charge is -2.23. The van der Waals surface area contributed by atoms with E-state index in [1.165, 1.54) is 12.3 Å². The van der Waals surface area contributed by atoms with Crippen molar-refractivity contribution in [3.8, 4) is 6.07 Å². The van der Waals surface area contributed by atoms with Gasteiger partial charge in [0.2, 0.25) is 0 Å². The van der Waals surface area contributed by atoms with E-state index in [1.807, 2.05) is 6.07 Å². The van der Waals surface area contributed by atoms with Crippen LogP contribution >= 0.6 is 0 Å². The number of nitriles is 1. The van der Waals surface area contributed by atoms with Gasteiger partial charge in [-0.15, -0.1) is 0 Å². The van der Waals surface area contributed by atoms with Gasteiger partial charge in [-0.1, -0.05) is 0 Å². The minimum absolute atomic E-state index is 0.103. The molecule has 1 fully saturated rings. The molecule has 94 valence electrons. The summed E-state index contributed by atoms with van der Waals surface area (Å²) in [6, 6.07) is 4.98. The Hall–Kier alpha value is -1.97.